The first-order valence-corrected chi connectivity index (χ1v) is 15.2. The molecule has 7 nitrogen and oxygen atoms in total. The predicted octanol–water partition coefficient (Wildman–Crippen LogP) is 5.19. The summed E-state index contributed by atoms with van der Waals surface area (Å²) in [6.45, 7) is 3.45. The van der Waals surface area contributed by atoms with Gasteiger partial charge in [0.15, 0.2) is 5.58 Å². The smallest absolute Gasteiger partial charge is 0.251 e. The molecule has 4 heterocycles. The topological polar surface area (TPSA) is 75.9 Å². The lowest BCUT2D eigenvalue weighted by molar-refractivity contribution is -0.189. The van der Waals surface area contributed by atoms with Gasteiger partial charge in [0.2, 0.25) is 5.91 Å². The van der Waals surface area contributed by atoms with Crippen molar-refractivity contribution in [1.29, 1.82) is 0 Å². The van der Waals surface area contributed by atoms with Crippen LogP contribution in [0.3, 0.4) is 0 Å². The number of likely N-dealkylation sites (tertiary alicyclic amines) is 2. The Labute approximate surface area is 239 Å². The summed E-state index contributed by atoms with van der Waals surface area (Å²) in [6, 6.07) is 15.2. The van der Waals surface area contributed by atoms with Crippen molar-refractivity contribution in [1.82, 2.24) is 15.0 Å². The van der Waals surface area contributed by atoms with Crippen molar-refractivity contribution in [3.63, 3.8) is 0 Å². The first-order chi connectivity index (χ1) is 19.9. The van der Waals surface area contributed by atoms with E-state index in [1.165, 1.54) is 17.7 Å². The minimum Gasteiger partial charge on any atom is -0.368 e. The van der Waals surface area contributed by atoms with Gasteiger partial charge in [-0.3, -0.25) is 9.59 Å². The highest BCUT2D eigenvalue weighted by atomic mass is 19.1. The maximum absolute atomic E-state index is 13.5. The molecule has 3 aliphatic carbocycles. The van der Waals surface area contributed by atoms with Gasteiger partial charge in [0.25, 0.3) is 5.91 Å². The molecule has 6 aliphatic rings. The second-order valence-electron chi connectivity index (χ2n) is 13.6. The number of ether oxygens (including phenoxy) is 1. The Kier molecular flexibility index (Phi) is 5.66. The van der Waals surface area contributed by atoms with E-state index in [2.05, 4.69) is 40.4 Å². The molecule has 8 heteroatoms. The number of benzene rings is 2. The van der Waals surface area contributed by atoms with Crippen LogP contribution < -0.4 is 0 Å². The van der Waals surface area contributed by atoms with Crippen molar-refractivity contribution in [3.8, 4) is 0 Å². The fourth-order valence-corrected chi connectivity index (χ4v) is 8.73. The van der Waals surface area contributed by atoms with Crippen molar-refractivity contribution in [2.24, 2.45) is 10.8 Å². The number of piperidine rings is 2. The lowest BCUT2D eigenvalue weighted by atomic mass is 9.33. The summed E-state index contributed by atoms with van der Waals surface area (Å²) in [4.78, 5) is 31.0. The van der Waals surface area contributed by atoms with Gasteiger partial charge in [0.1, 0.15) is 11.9 Å². The summed E-state index contributed by atoms with van der Waals surface area (Å²) in [6.07, 6.45) is 6.74. The molecule has 9 rings (SSSR count). The highest BCUT2D eigenvalue weighted by Gasteiger charge is 2.72. The van der Waals surface area contributed by atoms with Gasteiger partial charge in [-0.25, -0.2) is 4.39 Å². The highest BCUT2D eigenvalue weighted by Crippen LogP contribution is 2.74. The zero-order chi connectivity index (χ0) is 27.8. The number of rotatable bonds is 4. The van der Waals surface area contributed by atoms with Gasteiger partial charge >= 0.3 is 0 Å². The number of halogens is 1. The molecule has 1 unspecified atom stereocenters. The normalized spacial score (nSPS) is 30.8. The molecule has 3 saturated heterocycles. The van der Waals surface area contributed by atoms with Crippen LogP contribution in [0.5, 0.6) is 0 Å². The molecule has 2 amide bonds. The Morgan fingerprint density at radius 1 is 0.927 bits per heavy atom. The largest absolute Gasteiger partial charge is 0.368 e. The number of carbonyl (C=O) groups is 2. The third-order valence-electron chi connectivity index (χ3n) is 11.1. The van der Waals surface area contributed by atoms with Crippen LogP contribution in [0.4, 0.5) is 4.39 Å². The second kappa shape index (κ2) is 9.12. The second-order valence-corrected chi connectivity index (χ2v) is 13.6. The molecule has 1 atom stereocenters. The van der Waals surface area contributed by atoms with Gasteiger partial charge in [-0.05, 0) is 74.5 Å². The molecule has 3 aromatic rings. The quantitative estimate of drug-likeness (QED) is 0.441. The SMILES string of the molecule is O=C(C1CC2(CCN(C(=O)C34CC(c5ccccc5)(C3)C4)CC2)CO1)N1CCC(c2noc3cc(F)ccc23)CC1. The van der Waals surface area contributed by atoms with E-state index in [9.17, 15) is 14.0 Å². The standard InChI is InChI=1S/C33H36FN3O4/c34-24-6-7-25-26(16-24)41-35-28(25)22-8-12-36(13-9-22)29(38)27-17-31(21-40-27)10-14-37(15-11-31)30(39)33-18-32(19-33,20-33)23-4-2-1-3-5-23/h1-7,16,22,27H,8-15,17-21H2. The molecular formula is C33H36FN3O4. The molecule has 0 N–H and O–H groups in total. The van der Waals surface area contributed by atoms with Crippen LogP contribution in [-0.2, 0) is 19.7 Å². The van der Waals surface area contributed by atoms with Gasteiger partial charge in [0, 0.05) is 49.0 Å². The van der Waals surface area contributed by atoms with Crippen LogP contribution in [0.1, 0.15) is 68.5 Å². The van der Waals surface area contributed by atoms with Crippen LogP contribution in [0.15, 0.2) is 53.1 Å². The van der Waals surface area contributed by atoms with Gasteiger partial charge in [0.05, 0.1) is 17.7 Å². The Bertz CT molecular complexity index is 1480. The molecule has 1 aromatic heterocycles. The fourth-order valence-electron chi connectivity index (χ4n) is 8.73. The first kappa shape index (κ1) is 25.5. The minimum absolute atomic E-state index is 0.00494. The summed E-state index contributed by atoms with van der Waals surface area (Å²) in [5.74, 6) is 0.293. The van der Waals surface area contributed by atoms with Crippen molar-refractivity contribution >= 4 is 22.8 Å². The van der Waals surface area contributed by atoms with E-state index in [4.69, 9.17) is 9.26 Å². The number of amides is 2. The number of hydrogen-bond acceptors (Lipinski definition) is 5. The molecule has 2 bridgehead atoms. The number of fused-ring (bicyclic) bond motifs is 1. The summed E-state index contributed by atoms with van der Waals surface area (Å²) in [5, 5.41) is 5.08. The van der Waals surface area contributed by atoms with E-state index >= 15 is 0 Å². The molecule has 3 aliphatic heterocycles. The number of carbonyl (C=O) groups excluding carboxylic acids is 2. The zero-order valence-electron chi connectivity index (χ0n) is 23.3. The van der Waals surface area contributed by atoms with E-state index in [0.29, 0.717) is 31.2 Å². The minimum atomic E-state index is -0.395. The fraction of sp³-hybridized carbons (Fsp3) is 0.545. The lowest BCUT2D eigenvalue weighted by Gasteiger charge is -2.70. The molecule has 41 heavy (non-hydrogen) atoms. The van der Waals surface area contributed by atoms with Gasteiger partial charge in [-0.1, -0.05) is 35.5 Å². The van der Waals surface area contributed by atoms with Gasteiger partial charge < -0.3 is 19.1 Å². The van der Waals surface area contributed by atoms with Gasteiger partial charge in [-0.15, -0.1) is 0 Å². The van der Waals surface area contributed by atoms with E-state index in [0.717, 1.165) is 75.5 Å². The summed E-state index contributed by atoms with van der Waals surface area (Å²) < 4.78 is 25.0. The van der Waals surface area contributed by atoms with Crippen LogP contribution in [0.25, 0.3) is 11.0 Å². The third-order valence-corrected chi connectivity index (χ3v) is 11.1. The van der Waals surface area contributed by atoms with E-state index in [1.54, 1.807) is 6.07 Å². The molecule has 6 fully saturated rings. The number of nitrogens with zero attached hydrogens (tertiary/aromatic N) is 3. The zero-order valence-corrected chi connectivity index (χ0v) is 23.3. The van der Waals surface area contributed by atoms with Crippen LogP contribution in [-0.4, -0.2) is 65.7 Å². The van der Waals surface area contributed by atoms with E-state index in [1.807, 2.05) is 4.90 Å². The summed E-state index contributed by atoms with van der Waals surface area (Å²) >= 11 is 0. The van der Waals surface area contributed by atoms with Crippen LogP contribution in [0.2, 0.25) is 0 Å². The van der Waals surface area contributed by atoms with E-state index < -0.39 is 6.10 Å². The summed E-state index contributed by atoms with van der Waals surface area (Å²) in [5.41, 5.74) is 2.81. The Morgan fingerprint density at radius 2 is 1.66 bits per heavy atom. The Hall–Kier alpha value is -3.26. The Balaban J connectivity index is 0.833. The lowest BCUT2D eigenvalue weighted by Crippen LogP contribution is -2.70. The summed E-state index contributed by atoms with van der Waals surface area (Å²) in [7, 11) is 0. The highest BCUT2D eigenvalue weighted by molar-refractivity contribution is 5.88. The van der Waals surface area contributed by atoms with Crippen LogP contribution >= 0.6 is 0 Å². The van der Waals surface area contributed by atoms with Crippen molar-refractivity contribution in [2.45, 2.75) is 68.8 Å². The average Bonchev–Trinajstić information content (AvgIpc) is 3.56. The predicted molar refractivity (Wildman–Crippen MR) is 150 cm³/mol. The maximum atomic E-state index is 13.5. The third kappa shape index (κ3) is 3.97. The molecule has 3 saturated carbocycles. The van der Waals surface area contributed by atoms with Crippen molar-refractivity contribution < 1.29 is 23.2 Å². The monoisotopic (exact) mass is 557 g/mol. The molecular weight excluding hydrogens is 521 g/mol. The first-order valence-electron chi connectivity index (χ1n) is 15.2. The maximum Gasteiger partial charge on any atom is 0.251 e. The number of hydrogen-bond donors (Lipinski definition) is 0. The molecule has 1 spiro atoms. The average molecular weight is 558 g/mol. The van der Waals surface area contributed by atoms with Crippen LogP contribution in [0, 0.1) is 16.6 Å². The molecule has 0 radical (unpaired) electrons. The molecule has 214 valence electrons. The molecule has 2 aromatic carbocycles. The Morgan fingerprint density at radius 3 is 2.39 bits per heavy atom. The van der Waals surface area contributed by atoms with Gasteiger partial charge in [-0.2, -0.15) is 0 Å². The van der Waals surface area contributed by atoms with Crippen molar-refractivity contribution in [2.75, 3.05) is 32.8 Å². The van der Waals surface area contributed by atoms with Crippen molar-refractivity contribution in [3.05, 3.63) is 65.6 Å². The number of aromatic nitrogens is 1. The van der Waals surface area contributed by atoms with E-state index in [-0.39, 0.29) is 33.9 Å².